The summed E-state index contributed by atoms with van der Waals surface area (Å²) in [6.45, 7) is 4.45. The van der Waals surface area contributed by atoms with Gasteiger partial charge in [-0.15, -0.1) is 0 Å². The maximum atomic E-state index is 14.1. The number of nitrogens with one attached hydrogen (secondary N) is 1. The molecule has 1 aromatic carbocycles. The van der Waals surface area contributed by atoms with Crippen LogP contribution in [0, 0.1) is 18.7 Å². The zero-order valence-corrected chi connectivity index (χ0v) is 14.5. The van der Waals surface area contributed by atoms with E-state index in [0.717, 1.165) is 31.6 Å². The summed E-state index contributed by atoms with van der Waals surface area (Å²) in [5.41, 5.74) is 0.774. The minimum atomic E-state index is -0.509. The second-order valence-electron chi connectivity index (χ2n) is 6.18. The second-order valence-corrected chi connectivity index (χ2v) is 6.18. The lowest BCUT2D eigenvalue weighted by Crippen LogP contribution is -2.33. The van der Waals surface area contributed by atoms with Crippen LogP contribution in [0.1, 0.15) is 18.5 Å². The molecule has 1 N–H and O–H groups in total. The van der Waals surface area contributed by atoms with Crippen LogP contribution in [0.3, 0.4) is 0 Å². The third-order valence-electron chi connectivity index (χ3n) is 4.18. The summed E-state index contributed by atoms with van der Waals surface area (Å²) in [6, 6.07) is 8.11. The first kappa shape index (κ1) is 17.5. The van der Waals surface area contributed by atoms with Crippen LogP contribution in [-0.4, -0.2) is 31.8 Å². The van der Waals surface area contributed by atoms with Crippen molar-refractivity contribution in [2.45, 2.75) is 19.8 Å². The number of aromatic nitrogens is 1. The Morgan fingerprint density at radius 2 is 2.08 bits per heavy atom. The van der Waals surface area contributed by atoms with E-state index in [4.69, 9.17) is 14.2 Å². The smallest absolute Gasteiger partial charge is 0.262 e. The molecule has 1 saturated heterocycles. The number of halogens is 1. The number of nitrogens with zero attached hydrogens (tertiary/aromatic N) is 1. The van der Waals surface area contributed by atoms with Crippen molar-refractivity contribution < 1.29 is 18.6 Å². The summed E-state index contributed by atoms with van der Waals surface area (Å²) in [5, 5.41) is 3.36. The van der Waals surface area contributed by atoms with Gasteiger partial charge in [-0.05, 0) is 50.6 Å². The standard InChI is InChI=1S/C19H23FN2O3/c1-13-5-7-18(24-12-14-4-3-9-21-11-14)19(22-13)25-17-8-6-15(23-2)10-16(17)20/h5-8,10,14,21H,3-4,9,11-12H2,1-2H3. The van der Waals surface area contributed by atoms with E-state index in [1.54, 1.807) is 6.07 Å². The summed E-state index contributed by atoms with van der Waals surface area (Å²) in [7, 11) is 1.49. The first-order valence-corrected chi connectivity index (χ1v) is 8.48. The molecule has 2 heterocycles. The summed E-state index contributed by atoms with van der Waals surface area (Å²) < 4.78 is 30.7. The van der Waals surface area contributed by atoms with Gasteiger partial charge < -0.3 is 19.5 Å². The van der Waals surface area contributed by atoms with Crippen LogP contribution in [0.25, 0.3) is 0 Å². The fraction of sp³-hybridized carbons (Fsp3) is 0.421. The number of benzene rings is 1. The molecule has 1 fully saturated rings. The zero-order chi connectivity index (χ0) is 17.6. The Morgan fingerprint density at radius 1 is 1.24 bits per heavy atom. The van der Waals surface area contributed by atoms with Gasteiger partial charge in [-0.1, -0.05) is 0 Å². The Hall–Kier alpha value is -2.34. The van der Waals surface area contributed by atoms with Crippen LogP contribution in [0.2, 0.25) is 0 Å². The largest absolute Gasteiger partial charge is 0.497 e. The number of ether oxygens (including phenoxy) is 3. The molecule has 6 heteroatoms. The van der Waals surface area contributed by atoms with Gasteiger partial charge in [-0.25, -0.2) is 9.37 Å². The minimum absolute atomic E-state index is 0.0862. The molecule has 0 bridgehead atoms. The molecule has 0 aliphatic carbocycles. The zero-order valence-electron chi connectivity index (χ0n) is 14.5. The van der Waals surface area contributed by atoms with Gasteiger partial charge in [0, 0.05) is 24.2 Å². The first-order valence-electron chi connectivity index (χ1n) is 8.48. The van der Waals surface area contributed by atoms with Crippen LogP contribution in [0.15, 0.2) is 30.3 Å². The van der Waals surface area contributed by atoms with E-state index in [2.05, 4.69) is 10.3 Å². The molecule has 3 rings (SSSR count). The molecular weight excluding hydrogens is 323 g/mol. The lowest BCUT2D eigenvalue weighted by atomic mass is 10.0. The lowest BCUT2D eigenvalue weighted by Gasteiger charge is -2.23. The quantitative estimate of drug-likeness (QED) is 0.864. The number of piperidine rings is 1. The molecule has 1 aromatic heterocycles. The molecule has 0 spiro atoms. The van der Waals surface area contributed by atoms with Crippen molar-refractivity contribution in [3.8, 4) is 23.1 Å². The number of aryl methyl sites for hydroxylation is 1. The number of hydrogen-bond acceptors (Lipinski definition) is 5. The van der Waals surface area contributed by atoms with Crippen LogP contribution in [0.5, 0.6) is 23.1 Å². The Morgan fingerprint density at radius 3 is 2.80 bits per heavy atom. The summed E-state index contributed by atoms with van der Waals surface area (Å²) >= 11 is 0. The number of rotatable bonds is 6. The molecule has 0 amide bonds. The molecule has 134 valence electrons. The van der Waals surface area contributed by atoms with E-state index in [1.165, 1.54) is 19.2 Å². The van der Waals surface area contributed by atoms with Crippen molar-refractivity contribution in [3.63, 3.8) is 0 Å². The van der Waals surface area contributed by atoms with E-state index in [0.29, 0.717) is 24.0 Å². The summed E-state index contributed by atoms with van der Waals surface area (Å²) in [4.78, 5) is 4.36. The highest BCUT2D eigenvalue weighted by Gasteiger charge is 2.17. The van der Waals surface area contributed by atoms with Gasteiger partial charge >= 0.3 is 0 Å². The monoisotopic (exact) mass is 346 g/mol. The van der Waals surface area contributed by atoms with Crippen molar-refractivity contribution in [2.24, 2.45) is 5.92 Å². The van der Waals surface area contributed by atoms with Crippen molar-refractivity contribution in [1.82, 2.24) is 10.3 Å². The number of pyridine rings is 1. The Labute approximate surface area is 147 Å². The average Bonchev–Trinajstić information content (AvgIpc) is 2.63. The van der Waals surface area contributed by atoms with Crippen LogP contribution < -0.4 is 19.5 Å². The first-order chi connectivity index (χ1) is 12.2. The molecule has 1 atom stereocenters. The average molecular weight is 346 g/mol. The van der Waals surface area contributed by atoms with Gasteiger partial charge in [0.25, 0.3) is 5.88 Å². The predicted octanol–water partition coefficient (Wildman–Crippen LogP) is 3.71. The van der Waals surface area contributed by atoms with E-state index < -0.39 is 5.82 Å². The third kappa shape index (κ3) is 4.60. The molecule has 1 aliphatic heterocycles. The summed E-state index contributed by atoms with van der Waals surface area (Å²) in [6.07, 6.45) is 2.29. The van der Waals surface area contributed by atoms with Gasteiger partial charge in [0.15, 0.2) is 17.3 Å². The Kier molecular flexibility index (Phi) is 5.71. The number of hydrogen-bond donors (Lipinski definition) is 1. The molecule has 5 nitrogen and oxygen atoms in total. The highest BCUT2D eigenvalue weighted by molar-refractivity contribution is 5.40. The van der Waals surface area contributed by atoms with Crippen molar-refractivity contribution in [3.05, 3.63) is 41.8 Å². The van der Waals surface area contributed by atoms with E-state index in [1.807, 2.05) is 19.1 Å². The molecule has 25 heavy (non-hydrogen) atoms. The Balaban J connectivity index is 1.74. The van der Waals surface area contributed by atoms with Crippen molar-refractivity contribution >= 4 is 0 Å². The topological polar surface area (TPSA) is 52.6 Å². The molecule has 1 aliphatic rings. The molecular formula is C19H23FN2O3. The molecule has 0 saturated carbocycles. The van der Waals surface area contributed by atoms with E-state index in [-0.39, 0.29) is 11.6 Å². The van der Waals surface area contributed by atoms with E-state index >= 15 is 0 Å². The number of methoxy groups -OCH3 is 1. The Bertz CT molecular complexity index is 718. The van der Waals surface area contributed by atoms with Crippen molar-refractivity contribution in [2.75, 3.05) is 26.8 Å². The van der Waals surface area contributed by atoms with Gasteiger partial charge in [0.1, 0.15) is 5.75 Å². The van der Waals surface area contributed by atoms with Crippen molar-refractivity contribution in [1.29, 1.82) is 0 Å². The lowest BCUT2D eigenvalue weighted by molar-refractivity contribution is 0.211. The third-order valence-corrected chi connectivity index (χ3v) is 4.18. The van der Waals surface area contributed by atoms with Crippen LogP contribution >= 0.6 is 0 Å². The summed E-state index contributed by atoms with van der Waals surface area (Å²) in [5.74, 6) is 1.26. The maximum absolute atomic E-state index is 14.1. The molecule has 2 aromatic rings. The van der Waals surface area contributed by atoms with Gasteiger partial charge in [-0.2, -0.15) is 0 Å². The minimum Gasteiger partial charge on any atom is -0.497 e. The van der Waals surface area contributed by atoms with Gasteiger partial charge in [0.2, 0.25) is 0 Å². The SMILES string of the molecule is COc1ccc(Oc2nc(C)ccc2OCC2CCCNC2)c(F)c1. The van der Waals surface area contributed by atoms with Crippen LogP contribution in [0.4, 0.5) is 4.39 Å². The second kappa shape index (κ2) is 8.16. The predicted molar refractivity (Wildman–Crippen MR) is 93.1 cm³/mol. The van der Waals surface area contributed by atoms with Gasteiger partial charge in [-0.3, -0.25) is 0 Å². The fourth-order valence-electron chi connectivity index (χ4n) is 2.77. The van der Waals surface area contributed by atoms with Gasteiger partial charge in [0.05, 0.1) is 13.7 Å². The molecule has 0 radical (unpaired) electrons. The molecule has 1 unspecified atom stereocenters. The highest BCUT2D eigenvalue weighted by atomic mass is 19.1. The maximum Gasteiger partial charge on any atom is 0.262 e. The highest BCUT2D eigenvalue weighted by Crippen LogP contribution is 2.33. The fourth-order valence-corrected chi connectivity index (χ4v) is 2.77. The van der Waals surface area contributed by atoms with Crippen LogP contribution in [-0.2, 0) is 0 Å². The van der Waals surface area contributed by atoms with E-state index in [9.17, 15) is 4.39 Å². The normalized spacial score (nSPS) is 17.2.